The molecule has 2 aliphatic heterocycles. The van der Waals surface area contributed by atoms with E-state index in [1.807, 2.05) is 37.3 Å². The van der Waals surface area contributed by atoms with Gasteiger partial charge in [0, 0.05) is 37.9 Å². The summed E-state index contributed by atoms with van der Waals surface area (Å²) in [4.78, 5) is 6.92. The van der Waals surface area contributed by atoms with E-state index in [0.717, 1.165) is 43.7 Å². The van der Waals surface area contributed by atoms with E-state index < -0.39 is 10.0 Å². The van der Waals surface area contributed by atoms with E-state index in [2.05, 4.69) is 44.8 Å². The minimum atomic E-state index is -3.39. The lowest BCUT2D eigenvalue weighted by Crippen LogP contribution is -2.45. The molecule has 0 bridgehead atoms. The van der Waals surface area contributed by atoms with Crippen LogP contribution in [0.25, 0.3) is 0 Å². The SMILES string of the molecule is CCNC(=NCCS(=O)(=O)N1CCc2ccccc21)NC1CCN(c2ccccc2)C1. The standard InChI is InChI=1S/C23H31N5O2S/c1-2-24-23(26-20-13-15-27(18-20)21-9-4-3-5-10-21)25-14-17-31(29,30)28-16-12-19-8-6-7-11-22(19)28/h3-11,20H,2,12-18H2,1H3,(H2,24,25,26). The average molecular weight is 442 g/mol. The normalized spacial score (nSPS) is 18.9. The van der Waals surface area contributed by atoms with Gasteiger partial charge in [-0.1, -0.05) is 36.4 Å². The quantitative estimate of drug-likeness (QED) is 0.509. The van der Waals surface area contributed by atoms with Crippen LogP contribution in [0, 0.1) is 0 Å². The molecule has 2 N–H and O–H groups in total. The third-order valence-corrected chi connectivity index (χ3v) is 7.54. The Hall–Kier alpha value is -2.74. The summed E-state index contributed by atoms with van der Waals surface area (Å²) in [7, 11) is -3.39. The Morgan fingerprint density at radius 2 is 1.87 bits per heavy atom. The topological polar surface area (TPSA) is 77.0 Å². The van der Waals surface area contributed by atoms with E-state index in [1.165, 1.54) is 9.99 Å². The molecule has 2 aliphatic rings. The predicted octanol–water partition coefficient (Wildman–Crippen LogP) is 2.21. The molecule has 1 fully saturated rings. The van der Waals surface area contributed by atoms with Crippen molar-refractivity contribution in [2.45, 2.75) is 25.8 Å². The molecule has 2 heterocycles. The maximum absolute atomic E-state index is 12.9. The van der Waals surface area contributed by atoms with Crippen LogP contribution in [0.2, 0.25) is 0 Å². The highest BCUT2D eigenvalue weighted by Gasteiger charge is 2.29. The molecule has 8 heteroatoms. The molecule has 7 nitrogen and oxygen atoms in total. The van der Waals surface area contributed by atoms with Gasteiger partial charge in [-0.3, -0.25) is 9.30 Å². The predicted molar refractivity (Wildman–Crippen MR) is 127 cm³/mol. The maximum atomic E-state index is 12.9. The second-order valence-corrected chi connectivity index (χ2v) is 9.95. The molecule has 1 unspecified atom stereocenters. The monoisotopic (exact) mass is 441 g/mol. The molecule has 2 aromatic carbocycles. The van der Waals surface area contributed by atoms with Gasteiger partial charge in [0.15, 0.2) is 5.96 Å². The lowest BCUT2D eigenvalue weighted by Gasteiger charge is -2.21. The summed E-state index contributed by atoms with van der Waals surface area (Å²) in [5, 5.41) is 6.72. The van der Waals surface area contributed by atoms with E-state index in [4.69, 9.17) is 0 Å². The number of sulfonamides is 1. The van der Waals surface area contributed by atoms with Crippen molar-refractivity contribution in [1.29, 1.82) is 0 Å². The van der Waals surface area contributed by atoms with Gasteiger partial charge in [0.25, 0.3) is 0 Å². The highest BCUT2D eigenvalue weighted by molar-refractivity contribution is 7.92. The average Bonchev–Trinajstić information content (AvgIpc) is 3.42. The zero-order valence-corrected chi connectivity index (χ0v) is 18.8. The summed E-state index contributed by atoms with van der Waals surface area (Å²) in [5.41, 5.74) is 3.13. The van der Waals surface area contributed by atoms with Crippen molar-refractivity contribution in [2.24, 2.45) is 4.99 Å². The summed E-state index contributed by atoms with van der Waals surface area (Å²) >= 11 is 0. The zero-order chi connectivity index (χ0) is 21.7. The summed E-state index contributed by atoms with van der Waals surface area (Å²) in [6.07, 6.45) is 1.78. The van der Waals surface area contributed by atoms with Crippen molar-refractivity contribution in [3.8, 4) is 0 Å². The molecule has 31 heavy (non-hydrogen) atoms. The van der Waals surface area contributed by atoms with Gasteiger partial charge in [-0.05, 0) is 43.5 Å². The first-order chi connectivity index (χ1) is 15.1. The van der Waals surface area contributed by atoms with Gasteiger partial charge in [-0.2, -0.15) is 0 Å². The van der Waals surface area contributed by atoms with E-state index in [9.17, 15) is 8.42 Å². The number of para-hydroxylation sites is 2. The first-order valence-electron chi connectivity index (χ1n) is 11.0. The van der Waals surface area contributed by atoms with Crippen molar-refractivity contribution in [3.05, 3.63) is 60.2 Å². The van der Waals surface area contributed by atoms with Crippen LogP contribution in [0.15, 0.2) is 59.6 Å². The minimum absolute atomic E-state index is 0.00127. The van der Waals surface area contributed by atoms with Crippen molar-refractivity contribution in [1.82, 2.24) is 10.6 Å². The largest absolute Gasteiger partial charge is 0.369 e. The second-order valence-electron chi connectivity index (χ2n) is 7.94. The molecule has 0 saturated carbocycles. The van der Waals surface area contributed by atoms with Gasteiger partial charge < -0.3 is 15.5 Å². The Morgan fingerprint density at radius 3 is 2.68 bits per heavy atom. The Morgan fingerprint density at radius 1 is 1.10 bits per heavy atom. The summed E-state index contributed by atoms with van der Waals surface area (Å²) in [5.74, 6) is 0.679. The fraction of sp³-hybridized carbons (Fsp3) is 0.435. The van der Waals surface area contributed by atoms with Crippen LogP contribution in [0.5, 0.6) is 0 Å². The van der Waals surface area contributed by atoms with Crippen LogP contribution < -0.4 is 19.8 Å². The number of rotatable bonds is 7. The first kappa shape index (κ1) is 21.5. The highest BCUT2D eigenvalue weighted by atomic mass is 32.2. The van der Waals surface area contributed by atoms with Crippen LogP contribution in [-0.4, -0.2) is 58.9 Å². The van der Waals surface area contributed by atoms with Gasteiger partial charge >= 0.3 is 0 Å². The lowest BCUT2D eigenvalue weighted by atomic mass is 10.2. The zero-order valence-electron chi connectivity index (χ0n) is 18.0. The first-order valence-corrected chi connectivity index (χ1v) is 12.6. The van der Waals surface area contributed by atoms with Gasteiger partial charge in [-0.15, -0.1) is 0 Å². The molecule has 0 radical (unpaired) electrons. The Bertz CT molecular complexity index is 1010. The van der Waals surface area contributed by atoms with E-state index in [-0.39, 0.29) is 18.3 Å². The number of hydrogen-bond acceptors (Lipinski definition) is 4. The molecular weight excluding hydrogens is 410 g/mol. The van der Waals surface area contributed by atoms with E-state index in [1.54, 1.807) is 0 Å². The van der Waals surface area contributed by atoms with Crippen LogP contribution in [0.4, 0.5) is 11.4 Å². The van der Waals surface area contributed by atoms with Crippen molar-refractivity contribution in [2.75, 3.05) is 47.7 Å². The molecule has 0 aliphatic carbocycles. The number of benzene rings is 2. The number of hydrogen-bond donors (Lipinski definition) is 2. The fourth-order valence-corrected chi connectivity index (χ4v) is 5.63. The lowest BCUT2D eigenvalue weighted by molar-refractivity contribution is 0.592. The van der Waals surface area contributed by atoms with Crippen LogP contribution >= 0.6 is 0 Å². The number of anilines is 2. The van der Waals surface area contributed by atoms with E-state index >= 15 is 0 Å². The third-order valence-electron chi connectivity index (χ3n) is 5.79. The molecule has 1 atom stereocenters. The number of nitrogens with zero attached hydrogens (tertiary/aromatic N) is 3. The Balaban J connectivity index is 1.34. The molecule has 0 aromatic heterocycles. The Labute approximate surface area is 185 Å². The number of aliphatic imine (C=N–C) groups is 1. The highest BCUT2D eigenvalue weighted by Crippen LogP contribution is 2.29. The Kier molecular flexibility index (Phi) is 6.65. The van der Waals surface area contributed by atoms with Gasteiger partial charge in [0.2, 0.25) is 10.0 Å². The molecule has 2 aromatic rings. The molecule has 4 rings (SSSR count). The van der Waals surface area contributed by atoms with Crippen molar-refractivity contribution in [3.63, 3.8) is 0 Å². The number of nitrogens with one attached hydrogen (secondary N) is 2. The molecule has 0 amide bonds. The summed E-state index contributed by atoms with van der Waals surface area (Å²) in [6, 6.07) is 18.4. The number of guanidine groups is 1. The van der Waals surface area contributed by atoms with Gasteiger partial charge in [0.05, 0.1) is 18.0 Å². The van der Waals surface area contributed by atoms with Crippen LogP contribution in [-0.2, 0) is 16.4 Å². The van der Waals surface area contributed by atoms with Crippen LogP contribution in [0.3, 0.4) is 0 Å². The summed E-state index contributed by atoms with van der Waals surface area (Å²) < 4.78 is 27.3. The van der Waals surface area contributed by atoms with Crippen LogP contribution in [0.1, 0.15) is 18.9 Å². The minimum Gasteiger partial charge on any atom is -0.369 e. The summed E-state index contributed by atoms with van der Waals surface area (Å²) in [6.45, 7) is 5.38. The number of fused-ring (bicyclic) bond motifs is 1. The van der Waals surface area contributed by atoms with Crippen molar-refractivity contribution < 1.29 is 8.42 Å². The fourth-order valence-electron chi connectivity index (χ4n) is 4.24. The second kappa shape index (κ2) is 9.60. The van der Waals surface area contributed by atoms with Gasteiger partial charge in [0.1, 0.15) is 0 Å². The molecule has 1 saturated heterocycles. The third kappa shape index (κ3) is 5.12. The van der Waals surface area contributed by atoms with E-state index in [0.29, 0.717) is 12.5 Å². The van der Waals surface area contributed by atoms with Gasteiger partial charge in [-0.25, -0.2) is 8.42 Å². The smallest absolute Gasteiger partial charge is 0.237 e. The molecular formula is C23H31N5O2S. The molecule has 166 valence electrons. The molecule has 0 spiro atoms. The van der Waals surface area contributed by atoms with Crippen molar-refractivity contribution >= 4 is 27.4 Å². The maximum Gasteiger partial charge on any atom is 0.237 e.